The molecule has 0 spiro atoms. The van der Waals surface area contributed by atoms with E-state index >= 15 is 0 Å². The topological polar surface area (TPSA) is 53.1 Å². The molecule has 19 heavy (non-hydrogen) atoms. The Morgan fingerprint density at radius 1 is 1.16 bits per heavy atom. The van der Waals surface area contributed by atoms with Crippen LogP contribution in [0.1, 0.15) is 0 Å². The van der Waals surface area contributed by atoms with Crippen molar-refractivity contribution in [2.24, 2.45) is 7.05 Å². The molecule has 2 N–H and O–H groups in total. The first-order valence-electron chi connectivity index (χ1n) is 6.05. The third-order valence-corrected chi connectivity index (χ3v) is 3.33. The van der Waals surface area contributed by atoms with Crippen LogP contribution in [0.25, 0.3) is 22.0 Å². The normalized spacial score (nSPS) is 10.8. The monoisotopic (exact) mass is 253 g/mol. The van der Waals surface area contributed by atoms with E-state index in [1.165, 1.54) is 0 Å². The molecule has 2 aromatic carbocycles. The highest BCUT2D eigenvalue weighted by molar-refractivity contribution is 6.00. The van der Waals surface area contributed by atoms with E-state index in [9.17, 15) is 0 Å². The van der Waals surface area contributed by atoms with Gasteiger partial charge in [0.25, 0.3) is 0 Å². The van der Waals surface area contributed by atoms with Crippen LogP contribution in [0, 0.1) is 0 Å². The fourth-order valence-corrected chi connectivity index (χ4v) is 2.30. The third kappa shape index (κ3) is 1.73. The highest BCUT2D eigenvalue weighted by atomic mass is 16.5. The Hall–Kier alpha value is -2.49. The zero-order valence-electron chi connectivity index (χ0n) is 10.9. The molecule has 1 heterocycles. The Balaban J connectivity index is 2.40. The number of aryl methyl sites for hydroxylation is 1. The summed E-state index contributed by atoms with van der Waals surface area (Å²) >= 11 is 0. The summed E-state index contributed by atoms with van der Waals surface area (Å²) in [5.41, 5.74) is 7.80. The van der Waals surface area contributed by atoms with E-state index in [1.54, 1.807) is 18.0 Å². The fourth-order valence-electron chi connectivity index (χ4n) is 2.30. The van der Waals surface area contributed by atoms with E-state index in [-0.39, 0.29) is 0 Å². The maximum atomic E-state index is 6.09. The first-order valence-corrected chi connectivity index (χ1v) is 6.05. The summed E-state index contributed by atoms with van der Waals surface area (Å²) in [6.07, 6.45) is 1.71. The molecule has 0 saturated heterocycles. The zero-order chi connectivity index (χ0) is 13.4. The van der Waals surface area contributed by atoms with Crippen LogP contribution in [0.4, 0.5) is 5.82 Å². The number of hydrogen-bond donors (Lipinski definition) is 1. The predicted octanol–water partition coefficient (Wildman–Crippen LogP) is 2.83. The number of fused-ring (bicyclic) bond motifs is 1. The molecule has 0 fully saturated rings. The minimum Gasteiger partial charge on any atom is -0.496 e. The summed E-state index contributed by atoms with van der Waals surface area (Å²) < 4.78 is 7.27. The summed E-state index contributed by atoms with van der Waals surface area (Å²) in [4.78, 5) is 4.40. The van der Waals surface area contributed by atoms with Gasteiger partial charge < -0.3 is 15.0 Å². The van der Waals surface area contributed by atoms with Gasteiger partial charge in [0.15, 0.2) is 0 Å². The van der Waals surface area contributed by atoms with Gasteiger partial charge in [-0.25, -0.2) is 4.98 Å². The Kier molecular flexibility index (Phi) is 2.63. The van der Waals surface area contributed by atoms with Crippen molar-refractivity contribution in [1.82, 2.24) is 9.55 Å². The quantitative estimate of drug-likeness (QED) is 0.764. The van der Waals surface area contributed by atoms with E-state index in [0.29, 0.717) is 5.82 Å². The van der Waals surface area contributed by atoms with E-state index in [0.717, 1.165) is 27.8 Å². The molecule has 0 saturated carbocycles. The Morgan fingerprint density at radius 3 is 2.63 bits per heavy atom. The van der Waals surface area contributed by atoms with Gasteiger partial charge in [-0.1, -0.05) is 30.3 Å². The molecule has 0 atom stereocenters. The molecule has 3 rings (SSSR count). The number of hydrogen-bond acceptors (Lipinski definition) is 3. The number of methoxy groups -OCH3 is 1. The Bertz CT molecular complexity index is 746. The van der Waals surface area contributed by atoms with Crippen LogP contribution in [-0.4, -0.2) is 16.7 Å². The van der Waals surface area contributed by atoms with Crippen LogP contribution in [-0.2, 0) is 7.05 Å². The predicted molar refractivity (Wildman–Crippen MR) is 77.1 cm³/mol. The summed E-state index contributed by atoms with van der Waals surface area (Å²) in [6, 6.07) is 12.1. The molecule has 96 valence electrons. The lowest BCUT2D eigenvalue weighted by atomic mass is 10.0. The number of nitrogens with zero attached hydrogens (tertiary/aromatic N) is 2. The maximum Gasteiger partial charge on any atom is 0.131 e. The summed E-state index contributed by atoms with van der Waals surface area (Å²) in [5.74, 6) is 1.42. The molecule has 0 bridgehead atoms. The van der Waals surface area contributed by atoms with Crippen molar-refractivity contribution in [1.29, 1.82) is 0 Å². The van der Waals surface area contributed by atoms with Gasteiger partial charge in [-0.2, -0.15) is 0 Å². The highest BCUT2D eigenvalue weighted by Gasteiger charge is 2.16. The Labute approximate surface area is 111 Å². The van der Waals surface area contributed by atoms with E-state index in [4.69, 9.17) is 10.5 Å². The first kappa shape index (κ1) is 11.6. The number of benzene rings is 2. The number of ether oxygens (including phenoxy) is 1. The summed E-state index contributed by atoms with van der Waals surface area (Å²) in [5, 5.41) is 2.23. The second-order valence-corrected chi connectivity index (χ2v) is 4.45. The fraction of sp³-hybridized carbons (Fsp3) is 0.133. The highest BCUT2D eigenvalue weighted by Crippen LogP contribution is 2.38. The molecule has 0 amide bonds. The molecule has 1 aromatic heterocycles. The molecule has 0 aliphatic rings. The van der Waals surface area contributed by atoms with E-state index < -0.39 is 0 Å². The van der Waals surface area contributed by atoms with E-state index in [2.05, 4.69) is 17.1 Å². The molecule has 4 heteroatoms. The van der Waals surface area contributed by atoms with Crippen LogP contribution in [0.2, 0.25) is 0 Å². The molecule has 0 aliphatic carbocycles. The van der Waals surface area contributed by atoms with Gasteiger partial charge in [0.2, 0.25) is 0 Å². The van der Waals surface area contributed by atoms with Crippen molar-refractivity contribution in [3.63, 3.8) is 0 Å². The third-order valence-electron chi connectivity index (χ3n) is 3.33. The van der Waals surface area contributed by atoms with Gasteiger partial charge in [-0.05, 0) is 16.8 Å². The standard InChI is InChI=1S/C15H15N3O/c1-18-9-17-14(15(18)16)13-11-6-4-3-5-10(11)7-8-12(13)19-2/h3-9H,16H2,1-2H3. The average molecular weight is 253 g/mol. The minimum absolute atomic E-state index is 0.634. The van der Waals surface area contributed by atoms with Crippen molar-refractivity contribution in [3.8, 4) is 17.0 Å². The number of aromatic nitrogens is 2. The number of imidazole rings is 1. The number of anilines is 1. The van der Waals surface area contributed by atoms with Crippen LogP contribution < -0.4 is 10.5 Å². The number of nitrogen functional groups attached to an aromatic ring is 1. The van der Waals surface area contributed by atoms with Crippen molar-refractivity contribution in [3.05, 3.63) is 42.7 Å². The van der Waals surface area contributed by atoms with Crippen LogP contribution in [0.5, 0.6) is 5.75 Å². The molecular weight excluding hydrogens is 238 g/mol. The summed E-state index contributed by atoms with van der Waals surface area (Å²) in [6.45, 7) is 0. The average Bonchev–Trinajstić information content (AvgIpc) is 2.77. The van der Waals surface area contributed by atoms with E-state index in [1.807, 2.05) is 31.3 Å². The Morgan fingerprint density at radius 2 is 1.95 bits per heavy atom. The lowest BCUT2D eigenvalue weighted by molar-refractivity contribution is 0.417. The molecular formula is C15H15N3O. The SMILES string of the molecule is COc1ccc2ccccc2c1-c1ncn(C)c1N. The lowest BCUT2D eigenvalue weighted by Gasteiger charge is -2.11. The van der Waals surface area contributed by atoms with Gasteiger partial charge in [0, 0.05) is 7.05 Å². The van der Waals surface area contributed by atoms with Crippen molar-refractivity contribution in [2.45, 2.75) is 0 Å². The van der Waals surface area contributed by atoms with Gasteiger partial charge in [-0.3, -0.25) is 0 Å². The minimum atomic E-state index is 0.634. The number of rotatable bonds is 2. The van der Waals surface area contributed by atoms with Gasteiger partial charge >= 0.3 is 0 Å². The lowest BCUT2D eigenvalue weighted by Crippen LogP contribution is -1.97. The van der Waals surface area contributed by atoms with Crippen molar-refractivity contribution >= 4 is 16.6 Å². The molecule has 0 aliphatic heterocycles. The second kappa shape index (κ2) is 4.31. The van der Waals surface area contributed by atoms with Crippen molar-refractivity contribution in [2.75, 3.05) is 12.8 Å². The number of nitrogens with two attached hydrogens (primary N) is 1. The molecule has 4 nitrogen and oxygen atoms in total. The van der Waals surface area contributed by atoms with Gasteiger partial charge in [-0.15, -0.1) is 0 Å². The van der Waals surface area contributed by atoms with Crippen LogP contribution in [0.3, 0.4) is 0 Å². The second-order valence-electron chi connectivity index (χ2n) is 4.45. The zero-order valence-corrected chi connectivity index (χ0v) is 10.9. The molecule has 0 unspecified atom stereocenters. The van der Waals surface area contributed by atoms with Crippen LogP contribution >= 0.6 is 0 Å². The van der Waals surface area contributed by atoms with Gasteiger partial charge in [0.05, 0.1) is 19.0 Å². The maximum absolute atomic E-state index is 6.09. The molecule has 3 aromatic rings. The van der Waals surface area contributed by atoms with Crippen molar-refractivity contribution < 1.29 is 4.74 Å². The molecule has 0 radical (unpaired) electrons. The first-order chi connectivity index (χ1) is 9.22. The summed E-state index contributed by atoms with van der Waals surface area (Å²) in [7, 11) is 3.54. The van der Waals surface area contributed by atoms with Gasteiger partial charge in [0.1, 0.15) is 17.3 Å². The smallest absolute Gasteiger partial charge is 0.131 e. The largest absolute Gasteiger partial charge is 0.496 e. The van der Waals surface area contributed by atoms with Crippen LogP contribution in [0.15, 0.2) is 42.7 Å².